The maximum atomic E-state index is 11.5. The van der Waals surface area contributed by atoms with Crippen LogP contribution in [-0.2, 0) is 21.0 Å². The van der Waals surface area contributed by atoms with E-state index in [0.717, 1.165) is 22.8 Å². The maximum Gasteiger partial charge on any atom is 0.153 e. The van der Waals surface area contributed by atoms with Crippen LogP contribution in [0.5, 0.6) is 0 Å². The van der Waals surface area contributed by atoms with Crippen molar-refractivity contribution in [2.45, 2.75) is 56.6 Å². The molecule has 0 aromatic carbocycles. The molecule has 3 nitrogen and oxygen atoms in total. The average molecular weight is 325 g/mol. The fourth-order valence-electron chi connectivity index (χ4n) is 5.63. The summed E-state index contributed by atoms with van der Waals surface area (Å²) in [5.41, 5.74) is 1.54. The van der Waals surface area contributed by atoms with Crippen molar-refractivity contribution in [1.82, 2.24) is 4.98 Å². The fraction of sp³-hybridized carbons (Fsp3) is 0.812. The first-order valence-electron chi connectivity index (χ1n) is 7.97. The van der Waals surface area contributed by atoms with E-state index in [0.29, 0.717) is 0 Å². The molecule has 4 aliphatic carbocycles. The van der Waals surface area contributed by atoms with Crippen molar-refractivity contribution in [2.75, 3.05) is 6.26 Å². The highest BCUT2D eigenvalue weighted by Gasteiger charge is 2.53. The van der Waals surface area contributed by atoms with E-state index in [4.69, 9.17) is 4.98 Å². The molecule has 5 heteroatoms. The van der Waals surface area contributed by atoms with E-state index < -0.39 is 9.84 Å². The van der Waals surface area contributed by atoms with Crippen LogP contribution in [0.3, 0.4) is 0 Å². The summed E-state index contributed by atoms with van der Waals surface area (Å²) in [5, 5.41) is 0.792. The molecule has 0 N–H and O–H groups in total. The Morgan fingerprint density at radius 2 is 1.67 bits per heavy atom. The number of nitrogens with zero attached hydrogens (tertiary/aromatic N) is 1. The predicted octanol–water partition coefficient (Wildman–Crippen LogP) is 3.46. The molecule has 0 amide bonds. The summed E-state index contributed by atoms with van der Waals surface area (Å²) in [6.45, 7) is 2.14. The molecule has 1 heterocycles. The minimum absolute atomic E-state index is 0.102. The summed E-state index contributed by atoms with van der Waals surface area (Å²) in [7, 11) is -2.99. The number of hydrogen-bond donors (Lipinski definition) is 0. The number of hydrogen-bond acceptors (Lipinski definition) is 4. The van der Waals surface area contributed by atoms with Gasteiger partial charge in [0.05, 0.1) is 5.69 Å². The minimum atomic E-state index is -2.99. The lowest BCUT2D eigenvalue weighted by molar-refractivity contribution is -0.00724. The lowest BCUT2D eigenvalue weighted by atomic mass is 9.48. The molecule has 0 radical (unpaired) electrons. The third kappa shape index (κ3) is 2.46. The number of aromatic nitrogens is 1. The van der Waals surface area contributed by atoms with Gasteiger partial charge in [-0.3, -0.25) is 0 Å². The van der Waals surface area contributed by atoms with Crippen molar-refractivity contribution < 1.29 is 8.42 Å². The van der Waals surface area contributed by atoms with Crippen LogP contribution in [0.2, 0.25) is 0 Å². The number of sulfone groups is 1. The van der Waals surface area contributed by atoms with E-state index in [1.165, 1.54) is 55.4 Å². The molecule has 1 aromatic heterocycles. The van der Waals surface area contributed by atoms with Gasteiger partial charge in [0.25, 0.3) is 0 Å². The van der Waals surface area contributed by atoms with E-state index in [9.17, 15) is 8.42 Å². The summed E-state index contributed by atoms with van der Waals surface area (Å²) in [4.78, 5) is 6.08. The van der Waals surface area contributed by atoms with Crippen molar-refractivity contribution in [3.8, 4) is 0 Å². The molecule has 0 spiro atoms. The van der Waals surface area contributed by atoms with Crippen molar-refractivity contribution in [1.29, 1.82) is 0 Å². The van der Waals surface area contributed by atoms with Crippen molar-refractivity contribution in [3.05, 3.63) is 15.6 Å². The Hall–Kier alpha value is -0.420. The van der Waals surface area contributed by atoms with Crippen LogP contribution in [0.1, 0.15) is 54.1 Å². The quantitative estimate of drug-likeness (QED) is 0.855. The summed E-state index contributed by atoms with van der Waals surface area (Å²) in [5.74, 6) is 2.80. The molecule has 4 aliphatic rings. The smallest absolute Gasteiger partial charge is 0.153 e. The Balaban J connectivity index is 1.70. The van der Waals surface area contributed by atoms with Gasteiger partial charge in [0, 0.05) is 16.5 Å². The number of aryl methyl sites for hydroxylation is 1. The third-order valence-corrected chi connectivity index (χ3v) is 7.72. The zero-order valence-electron chi connectivity index (χ0n) is 12.8. The summed E-state index contributed by atoms with van der Waals surface area (Å²) < 4.78 is 23.1. The highest BCUT2D eigenvalue weighted by molar-refractivity contribution is 7.90. The Labute approximate surface area is 131 Å². The van der Waals surface area contributed by atoms with Crippen molar-refractivity contribution >= 4 is 21.2 Å². The molecular formula is C16H23NO2S2. The van der Waals surface area contributed by atoms with Gasteiger partial charge >= 0.3 is 0 Å². The zero-order chi connectivity index (χ0) is 14.8. The molecule has 116 valence electrons. The van der Waals surface area contributed by atoms with Crippen LogP contribution in [-0.4, -0.2) is 19.7 Å². The molecular weight excluding hydrogens is 302 g/mol. The molecule has 4 bridgehead atoms. The van der Waals surface area contributed by atoms with Crippen molar-refractivity contribution in [2.24, 2.45) is 17.8 Å². The van der Waals surface area contributed by atoms with E-state index in [1.54, 1.807) is 11.3 Å². The first-order valence-corrected chi connectivity index (χ1v) is 10.9. The third-order valence-electron chi connectivity index (χ3n) is 5.77. The largest absolute Gasteiger partial charge is 0.244 e. The summed E-state index contributed by atoms with van der Waals surface area (Å²) in [6.07, 6.45) is 9.47. The van der Waals surface area contributed by atoms with Crippen LogP contribution in [0, 0.1) is 24.7 Å². The van der Waals surface area contributed by atoms with Gasteiger partial charge in [0.1, 0.15) is 10.8 Å². The van der Waals surface area contributed by atoms with Gasteiger partial charge in [-0.1, -0.05) is 0 Å². The molecule has 1 aromatic rings. The molecule has 0 unspecified atom stereocenters. The highest BCUT2D eigenvalue weighted by atomic mass is 32.2. The van der Waals surface area contributed by atoms with Gasteiger partial charge in [-0.15, -0.1) is 11.3 Å². The topological polar surface area (TPSA) is 47.0 Å². The van der Waals surface area contributed by atoms with E-state index in [1.807, 2.05) is 0 Å². The second-order valence-corrected chi connectivity index (χ2v) is 11.2. The van der Waals surface area contributed by atoms with E-state index in [2.05, 4.69) is 6.92 Å². The van der Waals surface area contributed by atoms with Crippen LogP contribution in [0.4, 0.5) is 0 Å². The lowest BCUT2D eigenvalue weighted by Crippen LogP contribution is -2.49. The monoisotopic (exact) mass is 325 g/mol. The molecule has 5 rings (SSSR count). The first kappa shape index (κ1) is 14.2. The molecule has 4 saturated carbocycles. The van der Waals surface area contributed by atoms with Gasteiger partial charge < -0.3 is 0 Å². The highest BCUT2D eigenvalue weighted by Crippen LogP contribution is 2.61. The fourth-order valence-corrected chi connectivity index (χ4v) is 7.87. The molecule has 0 aliphatic heterocycles. The zero-order valence-corrected chi connectivity index (χ0v) is 14.4. The minimum Gasteiger partial charge on any atom is -0.244 e. The van der Waals surface area contributed by atoms with Gasteiger partial charge in [0.15, 0.2) is 9.84 Å². The Kier molecular flexibility index (Phi) is 3.07. The Bertz CT molecular complexity index is 639. The SMILES string of the molecule is Cc1sc(CS(C)(=O)=O)nc1C12CC3CC(CC(C3)C1)C2. The molecule has 21 heavy (non-hydrogen) atoms. The van der Waals surface area contributed by atoms with Crippen molar-refractivity contribution in [3.63, 3.8) is 0 Å². The molecule has 0 atom stereocenters. The van der Waals surface area contributed by atoms with Crippen LogP contribution < -0.4 is 0 Å². The summed E-state index contributed by atoms with van der Waals surface area (Å²) in [6, 6.07) is 0. The van der Waals surface area contributed by atoms with Crippen LogP contribution in [0.15, 0.2) is 0 Å². The second-order valence-electron chi connectivity index (χ2n) is 7.78. The van der Waals surface area contributed by atoms with Gasteiger partial charge in [-0.05, 0) is 63.2 Å². The Morgan fingerprint density at radius 1 is 1.14 bits per heavy atom. The average Bonchev–Trinajstić information content (AvgIpc) is 2.66. The summed E-state index contributed by atoms with van der Waals surface area (Å²) >= 11 is 1.60. The van der Waals surface area contributed by atoms with Crippen LogP contribution >= 0.6 is 11.3 Å². The van der Waals surface area contributed by atoms with Gasteiger partial charge in [-0.2, -0.15) is 0 Å². The first-order chi connectivity index (χ1) is 9.83. The van der Waals surface area contributed by atoms with Crippen LogP contribution in [0.25, 0.3) is 0 Å². The standard InChI is InChI=1S/C16H23NO2S2/c1-10-15(17-14(20-10)9-21(2,18)19)16-6-11-3-12(7-16)5-13(4-11)8-16/h11-13H,3-9H2,1-2H3. The maximum absolute atomic E-state index is 11.5. The van der Waals surface area contributed by atoms with Gasteiger partial charge in [-0.25, -0.2) is 13.4 Å². The predicted molar refractivity (Wildman–Crippen MR) is 85.2 cm³/mol. The molecule has 0 saturated heterocycles. The van der Waals surface area contributed by atoms with E-state index in [-0.39, 0.29) is 11.2 Å². The van der Waals surface area contributed by atoms with Gasteiger partial charge in [0.2, 0.25) is 0 Å². The Morgan fingerprint density at radius 3 is 2.14 bits per heavy atom. The second kappa shape index (κ2) is 4.54. The number of thiazole rings is 1. The normalized spacial score (nSPS) is 38.1. The molecule has 4 fully saturated rings. The lowest BCUT2D eigenvalue weighted by Gasteiger charge is -2.56. The number of rotatable bonds is 3. The van der Waals surface area contributed by atoms with E-state index >= 15 is 0 Å².